The van der Waals surface area contributed by atoms with Gasteiger partial charge in [-0.25, -0.2) is 9.59 Å². The Morgan fingerprint density at radius 2 is 1.35 bits per heavy atom. The molecule has 0 saturated heterocycles. The number of hydrogen-bond acceptors (Lipinski definition) is 7. The van der Waals surface area contributed by atoms with Gasteiger partial charge in [-0.2, -0.15) is 0 Å². The molecule has 0 aliphatic rings. The maximum Gasteiger partial charge on any atom is 0.408 e. The summed E-state index contributed by atoms with van der Waals surface area (Å²) in [7, 11) is 0. The highest BCUT2D eigenvalue weighted by atomic mass is 16.5. The Morgan fingerprint density at radius 3 is 1.96 bits per heavy atom. The van der Waals surface area contributed by atoms with Crippen molar-refractivity contribution < 1.29 is 38.9 Å². The molecule has 4 aromatic carbocycles. The van der Waals surface area contributed by atoms with Gasteiger partial charge < -0.3 is 34.9 Å². The van der Waals surface area contributed by atoms with E-state index >= 15 is 0 Å². The van der Waals surface area contributed by atoms with Crippen LogP contribution in [0, 0.1) is 0 Å². The third-order valence-electron chi connectivity index (χ3n) is 7.70. The zero-order valence-corrected chi connectivity index (χ0v) is 26.0. The maximum absolute atomic E-state index is 14.6. The van der Waals surface area contributed by atoms with Crippen LogP contribution in [0.5, 0.6) is 5.75 Å². The fourth-order valence-electron chi connectivity index (χ4n) is 5.30. The van der Waals surface area contributed by atoms with E-state index in [1.807, 2.05) is 12.1 Å². The number of benzene rings is 4. The first-order valence-electron chi connectivity index (χ1n) is 15.3. The second kappa shape index (κ2) is 15.9. The number of nitrogens with one attached hydrogen (secondary N) is 2. The van der Waals surface area contributed by atoms with Crippen molar-refractivity contribution in [3.8, 4) is 5.75 Å². The first-order valence-corrected chi connectivity index (χ1v) is 15.3. The van der Waals surface area contributed by atoms with Crippen LogP contribution in [0.4, 0.5) is 4.79 Å². The predicted molar refractivity (Wildman–Crippen MR) is 176 cm³/mol. The number of carbonyl (C=O) groups is 4. The minimum atomic E-state index is -1.53. The summed E-state index contributed by atoms with van der Waals surface area (Å²) >= 11 is 0. The van der Waals surface area contributed by atoms with Gasteiger partial charge in [0.15, 0.2) is 0 Å². The number of nitrogens with zero attached hydrogens (tertiary/aromatic N) is 1. The van der Waals surface area contributed by atoms with Crippen molar-refractivity contribution >= 4 is 34.8 Å². The largest absolute Gasteiger partial charge is 0.508 e. The number of phenols is 1. The first-order chi connectivity index (χ1) is 23.3. The molecule has 0 unspecified atom stereocenters. The van der Waals surface area contributed by atoms with Crippen LogP contribution >= 0.6 is 0 Å². The molecule has 0 spiro atoms. The zero-order chi connectivity index (χ0) is 33.9. The lowest BCUT2D eigenvalue weighted by atomic mass is 10.0. The van der Waals surface area contributed by atoms with Gasteiger partial charge in [-0.1, -0.05) is 91.0 Å². The molecular weight excluding hydrogens is 614 g/mol. The quantitative estimate of drug-likeness (QED) is 0.118. The minimum Gasteiger partial charge on any atom is -0.508 e. The summed E-state index contributed by atoms with van der Waals surface area (Å²) in [6, 6.07) is 28.6. The Kier molecular flexibility index (Phi) is 11.1. The molecule has 11 nitrogen and oxygen atoms in total. The van der Waals surface area contributed by atoms with Gasteiger partial charge in [0, 0.05) is 30.1 Å². The number of carbonyl (C=O) groups excluding carboxylic acids is 3. The molecule has 246 valence electrons. The summed E-state index contributed by atoms with van der Waals surface area (Å²) in [5, 5.41) is 23.3. The summed E-state index contributed by atoms with van der Waals surface area (Å²) in [6.45, 7) is -0.338. The van der Waals surface area contributed by atoms with E-state index in [2.05, 4.69) is 10.3 Å². The fourth-order valence-corrected chi connectivity index (χ4v) is 5.30. The molecule has 1 heterocycles. The number of aliphatic carboxylic acids is 1. The average Bonchev–Trinajstić information content (AvgIpc) is 3.49. The van der Waals surface area contributed by atoms with Gasteiger partial charge in [-0.3, -0.25) is 9.59 Å². The molecule has 0 aliphatic heterocycles. The Bertz CT molecular complexity index is 1840. The highest BCUT2D eigenvalue weighted by Gasteiger charge is 2.37. The number of H-pyrrole nitrogens is 1. The van der Waals surface area contributed by atoms with Crippen LogP contribution in [-0.2, 0) is 50.0 Å². The second-order valence-corrected chi connectivity index (χ2v) is 11.2. The average molecular weight is 650 g/mol. The summed E-state index contributed by atoms with van der Waals surface area (Å²) in [6.07, 6.45) is -0.0438. The molecule has 0 fully saturated rings. The van der Waals surface area contributed by atoms with Gasteiger partial charge in [0.2, 0.25) is 5.91 Å². The summed E-state index contributed by atoms with van der Waals surface area (Å²) in [5.74, 6) is -2.95. The Balaban J connectivity index is 1.48. The molecule has 2 amide bonds. The van der Waals surface area contributed by atoms with Gasteiger partial charge in [-0.05, 0) is 40.5 Å². The topological polar surface area (TPSA) is 158 Å². The van der Waals surface area contributed by atoms with Crippen molar-refractivity contribution in [2.24, 2.45) is 0 Å². The van der Waals surface area contributed by atoms with E-state index in [4.69, 9.17) is 9.47 Å². The van der Waals surface area contributed by atoms with E-state index in [1.54, 1.807) is 91.1 Å². The number of hydrogen-bond donors (Lipinski definition) is 4. The molecule has 1 aromatic heterocycles. The van der Waals surface area contributed by atoms with Crippen LogP contribution in [0.1, 0.15) is 28.7 Å². The van der Waals surface area contributed by atoms with E-state index in [0.29, 0.717) is 27.6 Å². The normalized spacial score (nSPS) is 12.1. The molecule has 5 rings (SSSR count). The Labute approximate surface area is 276 Å². The molecule has 0 radical (unpaired) electrons. The van der Waals surface area contributed by atoms with E-state index in [1.165, 1.54) is 12.1 Å². The monoisotopic (exact) mass is 649 g/mol. The van der Waals surface area contributed by atoms with Gasteiger partial charge in [0.25, 0.3) is 0 Å². The van der Waals surface area contributed by atoms with Gasteiger partial charge in [0.05, 0.1) is 6.42 Å². The number of rotatable bonds is 14. The van der Waals surface area contributed by atoms with Crippen molar-refractivity contribution in [1.29, 1.82) is 0 Å². The van der Waals surface area contributed by atoms with Gasteiger partial charge in [-0.15, -0.1) is 0 Å². The molecule has 5 aromatic rings. The number of aromatic nitrogens is 1. The van der Waals surface area contributed by atoms with E-state index in [9.17, 15) is 29.4 Å². The SMILES string of the molecule is O=C(O)C[C@@H](C(=O)OCc1ccccc1)N(Cc1ccccc1)C(=O)[C@H](Cc1c[nH]c2ccc(O)cc12)NC(=O)OCc1ccccc1. The third kappa shape index (κ3) is 9.00. The predicted octanol–water partition coefficient (Wildman–Crippen LogP) is 5.33. The molecular formula is C37H35N3O8. The number of carboxylic acids is 1. The van der Waals surface area contributed by atoms with Crippen molar-refractivity contribution in [1.82, 2.24) is 15.2 Å². The maximum atomic E-state index is 14.6. The summed E-state index contributed by atoms with van der Waals surface area (Å²) < 4.78 is 11.0. The number of carboxylic acid groups (broad SMARTS) is 1. The Morgan fingerprint density at radius 1 is 0.771 bits per heavy atom. The van der Waals surface area contributed by atoms with Crippen LogP contribution in [0.3, 0.4) is 0 Å². The van der Waals surface area contributed by atoms with Gasteiger partial charge >= 0.3 is 18.0 Å². The minimum absolute atomic E-state index is 0.00912. The van der Waals surface area contributed by atoms with Crippen LogP contribution in [0.15, 0.2) is 115 Å². The number of amides is 2. The van der Waals surface area contributed by atoms with E-state index < -0.39 is 42.4 Å². The fraction of sp³-hybridized carbons (Fsp3) is 0.189. The van der Waals surface area contributed by atoms with Crippen molar-refractivity contribution in [2.45, 2.75) is 44.7 Å². The number of alkyl carbamates (subject to hydrolysis) is 1. The zero-order valence-electron chi connectivity index (χ0n) is 26.0. The number of aromatic amines is 1. The molecule has 11 heteroatoms. The first kappa shape index (κ1) is 33.3. The standard InChI is InChI=1S/C37H35N3O8/c41-29-16-17-31-30(19-29)28(21-38-31)18-32(39-37(46)48-24-27-14-8-3-9-15-27)35(44)40(22-25-10-4-1-5-11-25)33(20-34(42)43)36(45)47-23-26-12-6-2-7-13-26/h1-17,19,21,32-33,38,41H,18,20,22-24H2,(H,39,46)(H,42,43)/t32-,33-/m0/s1. The van der Waals surface area contributed by atoms with E-state index in [0.717, 1.165) is 10.5 Å². The highest BCUT2D eigenvalue weighted by Crippen LogP contribution is 2.25. The number of esters is 1. The van der Waals surface area contributed by atoms with E-state index in [-0.39, 0.29) is 31.9 Å². The Hall–Kier alpha value is -6.10. The van der Waals surface area contributed by atoms with Crippen molar-refractivity contribution in [2.75, 3.05) is 0 Å². The highest BCUT2D eigenvalue weighted by molar-refractivity contribution is 5.93. The molecule has 0 saturated carbocycles. The van der Waals surface area contributed by atoms with Crippen molar-refractivity contribution in [3.05, 3.63) is 138 Å². The number of fused-ring (bicyclic) bond motifs is 1. The lowest BCUT2D eigenvalue weighted by Crippen LogP contribution is -2.55. The van der Waals surface area contributed by atoms with Gasteiger partial charge in [0.1, 0.15) is 31.0 Å². The number of ether oxygens (including phenoxy) is 2. The number of aromatic hydroxyl groups is 1. The lowest BCUT2D eigenvalue weighted by Gasteiger charge is -2.33. The van der Waals surface area contributed by atoms with Crippen LogP contribution < -0.4 is 5.32 Å². The third-order valence-corrected chi connectivity index (χ3v) is 7.70. The van der Waals surface area contributed by atoms with Crippen molar-refractivity contribution in [3.63, 3.8) is 0 Å². The molecule has 2 atom stereocenters. The second-order valence-electron chi connectivity index (χ2n) is 11.2. The summed E-state index contributed by atoms with van der Waals surface area (Å²) in [5.41, 5.74) is 3.32. The van der Waals surface area contributed by atoms with Crippen LogP contribution in [0.2, 0.25) is 0 Å². The van der Waals surface area contributed by atoms with Crippen LogP contribution in [-0.4, -0.2) is 56.1 Å². The molecule has 0 aliphatic carbocycles. The molecule has 4 N–H and O–H groups in total. The molecule has 48 heavy (non-hydrogen) atoms. The summed E-state index contributed by atoms with van der Waals surface area (Å²) in [4.78, 5) is 57.7. The smallest absolute Gasteiger partial charge is 0.408 e. The molecule has 0 bridgehead atoms. The number of phenolic OH excluding ortho intramolecular Hbond substituents is 1. The van der Waals surface area contributed by atoms with Crippen LogP contribution in [0.25, 0.3) is 10.9 Å². The lowest BCUT2D eigenvalue weighted by molar-refractivity contribution is -0.160.